The highest BCUT2D eigenvalue weighted by atomic mass is 35.5. The summed E-state index contributed by atoms with van der Waals surface area (Å²) in [5.41, 5.74) is 8.42. The number of rotatable bonds is 4. The molecule has 26 heavy (non-hydrogen) atoms. The Bertz CT molecular complexity index is 746. The number of hydrogen-bond donors (Lipinski definition) is 3. The Labute approximate surface area is 165 Å². The Hall–Kier alpha value is -1.34. The van der Waals surface area contributed by atoms with E-state index in [0.717, 1.165) is 61.3 Å². The quantitative estimate of drug-likeness (QED) is 0.730. The van der Waals surface area contributed by atoms with Crippen molar-refractivity contribution in [1.82, 2.24) is 9.97 Å². The third-order valence-corrected chi connectivity index (χ3v) is 5.30. The Morgan fingerprint density at radius 1 is 1.27 bits per heavy atom. The first-order chi connectivity index (χ1) is 11.7. The van der Waals surface area contributed by atoms with Crippen molar-refractivity contribution >= 4 is 47.4 Å². The van der Waals surface area contributed by atoms with Crippen molar-refractivity contribution < 1.29 is 9.53 Å². The Balaban J connectivity index is 0.00000121. The smallest absolute Gasteiger partial charge is 0.227 e. The molecule has 0 radical (unpaired) electrons. The number of benzene rings is 1. The zero-order valence-corrected chi connectivity index (χ0v) is 16.2. The van der Waals surface area contributed by atoms with Crippen LogP contribution >= 0.6 is 24.8 Å². The summed E-state index contributed by atoms with van der Waals surface area (Å²) in [6.07, 6.45) is 5.23. The highest BCUT2D eigenvalue weighted by Crippen LogP contribution is 2.32. The maximum atomic E-state index is 12.5. The van der Waals surface area contributed by atoms with Crippen molar-refractivity contribution in [1.29, 1.82) is 0 Å². The molecule has 1 unspecified atom stereocenters. The van der Waals surface area contributed by atoms with Gasteiger partial charge >= 0.3 is 0 Å². The average molecular weight is 401 g/mol. The lowest BCUT2D eigenvalue weighted by Gasteiger charge is -2.17. The molecular weight excluding hydrogens is 375 g/mol. The summed E-state index contributed by atoms with van der Waals surface area (Å²) >= 11 is 0. The molecule has 0 bridgehead atoms. The molecule has 2 aliphatic rings. The summed E-state index contributed by atoms with van der Waals surface area (Å²) in [6.45, 7) is 1.38. The molecular formula is C18H26Cl2N4O2. The predicted octanol–water partition coefficient (Wildman–Crippen LogP) is 3.57. The molecule has 1 aromatic heterocycles. The number of fused-ring (bicyclic) bond motifs is 1. The first-order valence-electron chi connectivity index (χ1n) is 8.87. The van der Waals surface area contributed by atoms with Gasteiger partial charge in [-0.05, 0) is 56.3 Å². The van der Waals surface area contributed by atoms with Crippen LogP contribution in [0.4, 0.5) is 5.69 Å². The van der Waals surface area contributed by atoms with E-state index in [1.807, 2.05) is 18.2 Å². The third-order valence-electron chi connectivity index (χ3n) is 5.30. The van der Waals surface area contributed by atoms with Crippen LogP contribution in [0.1, 0.15) is 44.0 Å². The summed E-state index contributed by atoms with van der Waals surface area (Å²) in [5, 5.41) is 3.05. The van der Waals surface area contributed by atoms with E-state index in [1.54, 1.807) is 0 Å². The molecule has 144 valence electrons. The van der Waals surface area contributed by atoms with Gasteiger partial charge in [-0.3, -0.25) is 4.79 Å². The van der Waals surface area contributed by atoms with Crippen LogP contribution in [0.5, 0.6) is 0 Å². The maximum absolute atomic E-state index is 12.5. The second kappa shape index (κ2) is 9.04. The van der Waals surface area contributed by atoms with Crippen molar-refractivity contribution in [2.45, 2.75) is 38.2 Å². The van der Waals surface area contributed by atoms with Crippen LogP contribution in [0.3, 0.4) is 0 Å². The zero-order valence-electron chi connectivity index (χ0n) is 14.6. The Kier molecular flexibility index (Phi) is 7.29. The van der Waals surface area contributed by atoms with Gasteiger partial charge in [0.2, 0.25) is 5.91 Å². The van der Waals surface area contributed by atoms with E-state index in [4.69, 9.17) is 10.5 Å². The number of hydrogen-bond acceptors (Lipinski definition) is 4. The molecule has 2 heterocycles. The van der Waals surface area contributed by atoms with E-state index >= 15 is 0 Å². The average Bonchev–Trinajstić information content (AvgIpc) is 3.32. The molecule has 2 fully saturated rings. The molecule has 1 aliphatic heterocycles. The topological polar surface area (TPSA) is 93.0 Å². The van der Waals surface area contributed by atoms with Gasteiger partial charge in [0.05, 0.1) is 11.0 Å². The van der Waals surface area contributed by atoms with E-state index in [2.05, 4.69) is 15.3 Å². The molecule has 1 saturated carbocycles. The largest absolute Gasteiger partial charge is 0.370 e. The minimum atomic E-state index is 0. The molecule has 6 nitrogen and oxygen atoms in total. The minimum absolute atomic E-state index is 0. The van der Waals surface area contributed by atoms with Crippen molar-refractivity contribution in [3.8, 4) is 0 Å². The maximum Gasteiger partial charge on any atom is 0.227 e. The van der Waals surface area contributed by atoms with Crippen LogP contribution in [0, 0.1) is 11.8 Å². The van der Waals surface area contributed by atoms with E-state index in [9.17, 15) is 4.79 Å². The van der Waals surface area contributed by atoms with Crippen LogP contribution in [-0.4, -0.2) is 29.0 Å². The number of nitrogens with two attached hydrogens (primary N) is 1. The molecule has 2 aromatic rings. The lowest BCUT2D eigenvalue weighted by atomic mass is 9.95. The molecule has 1 saturated heterocycles. The highest BCUT2D eigenvalue weighted by molar-refractivity contribution is 5.94. The molecule has 1 aromatic carbocycles. The Morgan fingerprint density at radius 2 is 2.12 bits per heavy atom. The van der Waals surface area contributed by atoms with Gasteiger partial charge in [-0.25, -0.2) is 4.98 Å². The fourth-order valence-electron chi connectivity index (χ4n) is 3.95. The zero-order chi connectivity index (χ0) is 16.5. The van der Waals surface area contributed by atoms with Crippen LogP contribution in [0.15, 0.2) is 18.2 Å². The summed E-state index contributed by atoms with van der Waals surface area (Å²) in [5.74, 6) is 1.31. The van der Waals surface area contributed by atoms with Crippen molar-refractivity contribution in [2.24, 2.45) is 17.6 Å². The first-order valence-corrected chi connectivity index (χ1v) is 8.87. The van der Waals surface area contributed by atoms with Gasteiger partial charge in [0.1, 0.15) is 11.9 Å². The number of anilines is 1. The van der Waals surface area contributed by atoms with E-state index in [-0.39, 0.29) is 42.7 Å². The van der Waals surface area contributed by atoms with Gasteiger partial charge in [0.15, 0.2) is 0 Å². The van der Waals surface area contributed by atoms with E-state index in [1.165, 1.54) is 0 Å². The second-order valence-electron chi connectivity index (χ2n) is 6.88. The lowest BCUT2D eigenvalue weighted by molar-refractivity contribution is -0.120. The van der Waals surface area contributed by atoms with Crippen molar-refractivity contribution in [2.75, 3.05) is 18.5 Å². The number of carbonyl (C=O) groups excluding carboxylic acids is 1. The predicted molar refractivity (Wildman–Crippen MR) is 107 cm³/mol. The lowest BCUT2D eigenvalue weighted by Crippen LogP contribution is -2.29. The first kappa shape index (κ1) is 21.0. The fraction of sp³-hybridized carbons (Fsp3) is 0.556. The number of amides is 1. The molecule has 8 heteroatoms. The Morgan fingerprint density at radius 3 is 2.85 bits per heavy atom. The molecule has 0 spiro atoms. The summed E-state index contributed by atoms with van der Waals surface area (Å²) in [7, 11) is 0. The summed E-state index contributed by atoms with van der Waals surface area (Å²) in [6, 6.07) is 5.80. The number of aromatic amines is 1. The molecule has 3 atom stereocenters. The minimum Gasteiger partial charge on any atom is -0.370 e. The summed E-state index contributed by atoms with van der Waals surface area (Å²) < 4.78 is 5.68. The number of imidazole rings is 1. The molecule has 1 amide bonds. The number of ether oxygens (including phenoxy) is 1. The molecule has 1 aliphatic carbocycles. The number of nitrogens with one attached hydrogen (secondary N) is 2. The van der Waals surface area contributed by atoms with Crippen LogP contribution in [0.25, 0.3) is 11.0 Å². The van der Waals surface area contributed by atoms with Gasteiger partial charge in [0, 0.05) is 18.2 Å². The fourth-order valence-corrected chi connectivity index (χ4v) is 3.95. The molecule has 4 rings (SSSR count). The standard InChI is InChI=1S/C18H24N4O2.2ClH/c19-10-11-3-1-4-13(11)18(23)20-12-6-7-14-15(9-12)22-17(21-14)16-5-2-8-24-16;;/h6-7,9,11,13,16H,1-5,8,10,19H2,(H,20,23)(H,21,22);2*1H/t11-,13-,16?;;/m1../s1. The number of nitrogens with zero attached hydrogens (tertiary/aromatic N) is 1. The molecule has 4 N–H and O–H groups in total. The van der Waals surface area contributed by atoms with Gasteiger partial charge in [-0.15, -0.1) is 24.8 Å². The summed E-state index contributed by atoms with van der Waals surface area (Å²) in [4.78, 5) is 20.5. The van der Waals surface area contributed by atoms with Crippen LogP contribution < -0.4 is 11.1 Å². The monoisotopic (exact) mass is 400 g/mol. The van der Waals surface area contributed by atoms with E-state index < -0.39 is 0 Å². The normalized spacial score (nSPS) is 24.9. The van der Waals surface area contributed by atoms with Crippen LogP contribution in [0.2, 0.25) is 0 Å². The third kappa shape index (κ3) is 4.14. The van der Waals surface area contributed by atoms with Crippen LogP contribution in [-0.2, 0) is 9.53 Å². The van der Waals surface area contributed by atoms with Gasteiger partial charge in [-0.1, -0.05) is 6.42 Å². The second-order valence-corrected chi connectivity index (χ2v) is 6.88. The SMILES string of the molecule is Cl.Cl.NC[C@H]1CCC[C@H]1C(=O)Nc1ccc2nc(C3CCCO3)[nH]c2c1. The number of carbonyl (C=O) groups is 1. The van der Waals surface area contributed by atoms with E-state index in [0.29, 0.717) is 12.5 Å². The number of aromatic nitrogens is 2. The van der Waals surface area contributed by atoms with Crippen molar-refractivity contribution in [3.05, 3.63) is 24.0 Å². The number of H-pyrrole nitrogens is 1. The van der Waals surface area contributed by atoms with Gasteiger partial charge < -0.3 is 20.8 Å². The van der Waals surface area contributed by atoms with Crippen molar-refractivity contribution in [3.63, 3.8) is 0 Å². The number of halogens is 2. The van der Waals surface area contributed by atoms with Gasteiger partial charge in [0.25, 0.3) is 0 Å². The van der Waals surface area contributed by atoms with Gasteiger partial charge in [-0.2, -0.15) is 0 Å². The highest BCUT2D eigenvalue weighted by Gasteiger charge is 2.32.